The van der Waals surface area contributed by atoms with Crippen molar-refractivity contribution in [3.8, 4) is 0 Å². The van der Waals surface area contributed by atoms with Crippen molar-refractivity contribution in [2.24, 2.45) is 0 Å². The van der Waals surface area contributed by atoms with Gasteiger partial charge in [0.25, 0.3) is 0 Å². The molecule has 124 valence electrons. The highest BCUT2D eigenvalue weighted by molar-refractivity contribution is 14.1. The lowest BCUT2D eigenvalue weighted by Gasteiger charge is -2.30. The molecular weight excluding hydrogens is 405 g/mol. The number of para-hydroxylation sites is 1. The van der Waals surface area contributed by atoms with E-state index in [1.807, 2.05) is 38.1 Å². The molecule has 0 saturated carbocycles. The number of ether oxygens (including phenoxy) is 3. The normalized spacial score (nSPS) is 13.1. The van der Waals surface area contributed by atoms with E-state index in [0.717, 1.165) is 20.2 Å². The Morgan fingerprint density at radius 2 is 2.00 bits per heavy atom. The predicted molar refractivity (Wildman–Crippen MR) is 100 cm³/mol. The van der Waals surface area contributed by atoms with Gasteiger partial charge in [-0.2, -0.15) is 0 Å². The Bertz CT molecular complexity index is 700. The molecule has 1 unspecified atom stereocenters. The molecule has 0 saturated heterocycles. The molecule has 2 aromatic rings. The van der Waals surface area contributed by atoms with Crippen molar-refractivity contribution in [3.05, 3.63) is 51.9 Å². The van der Waals surface area contributed by atoms with E-state index in [9.17, 15) is 0 Å². The summed E-state index contributed by atoms with van der Waals surface area (Å²) in [5, 5.41) is 1.08. The highest BCUT2D eigenvalue weighted by Crippen LogP contribution is 2.33. The molecule has 1 atom stereocenters. The van der Waals surface area contributed by atoms with Gasteiger partial charge in [-0.15, -0.1) is 0 Å². The van der Waals surface area contributed by atoms with Crippen molar-refractivity contribution in [1.82, 2.24) is 4.98 Å². The standard InChI is InChI=1S/C18H22INO3/c1-12(21-4)10-16(23-18(2,3)22-5)14-11-13-8-6-7-9-15(13)20-17(14)19/h6-9,11,16H,1,10H2,2-5H3. The van der Waals surface area contributed by atoms with Crippen molar-refractivity contribution in [2.75, 3.05) is 14.2 Å². The fraction of sp³-hybridized carbons (Fsp3) is 0.389. The number of hydrogen-bond donors (Lipinski definition) is 0. The second-order valence-electron chi connectivity index (χ2n) is 5.72. The van der Waals surface area contributed by atoms with E-state index in [-0.39, 0.29) is 6.10 Å². The zero-order chi connectivity index (χ0) is 17.0. The van der Waals surface area contributed by atoms with E-state index in [1.165, 1.54) is 0 Å². The minimum Gasteiger partial charge on any atom is -0.502 e. The molecule has 0 aliphatic carbocycles. The van der Waals surface area contributed by atoms with Gasteiger partial charge in [-0.3, -0.25) is 0 Å². The maximum atomic E-state index is 6.17. The summed E-state index contributed by atoms with van der Waals surface area (Å²) in [5.41, 5.74) is 1.98. The van der Waals surface area contributed by atoms with Crippen LogP contribution in [0.5, 0.6) is 0 Å². The average molecular weight is 427 g/mol. The van der Waals surface area contributed by atoms with Crippen LogP contribution in [-0.2, 0) is 14.2 Å². The zero-order valence-electron chi connectivity index (χ0n) is 13.9. The molecule has 0 aliphatic heterocycles. The van der Waals surface area contributed by atoms with E-state index in [0.29, 0.717) is 12.2 Å². The number of hydrogen-bond acceptors (Lipinski definition) is 4. The molecule has 0 N–H and O–H groups in total. The van der Waals surface area contributed by atoms with Gasteiger partial charge in [-0.05, 0) is 48.6 Å². The molecule has 0 fully saturated rings. The molecule has 0 spiro atoms. The van der Waals surface area contributed by atoms with Crippen LogP contribution in [0.25, 0.3) is 10.9 Å². The number of halogens is 1. The van der Waals surface area contributed by atoms with Crippen LogP contribution in [0.2, 0.25) is 0 Å². The minimum absolute atomic E-state index is 0.249. The van der Waals surface area contributed by atoms with Crippen LogP contribution in [0.4, 0.5) is 0 Å². The maximum absolute atomic E-state index is 6.17. The van der Waals surface area contributed by atoms with Crippen LogP contribution in [0.3, 0.4) is 0 Å². The van der Waals surface area contributed by atoms with Crippen LogP contribution in [0, 0.1) is 3.70 Å². The first kappa shape index (κ1) is 18.2. The third-order valence-corrected chi connectivity index (χ3v) is 4.53. The second-order valence-corrected chi connectivity index (χ2v) is 6.74. The molecule has 1 aromatic carbocycles. The van der Waals surface area contributed by atoms with E-state index < -0.39 is 5.79 Å². The Morgan fingerprint density at radius 3 is 2.65 bits per heavy atom. The maximum Gasteiger partial charge on any atom is 0.163 e. The highest BCUT2D eigenvalue weighted by Gasteiger charge is 2.27. The van der Waals surface area contributed by atoms with E-state index in [1.54, 1.807) is 14.2 Å². The van der Waals surface area contributed by atoms with Crippen LogP contribution in [-0.4, -0.2) is 25.0 Å². The molecule has 4 nitrogen and oxygen atoms in total. The summed E-state index contributed by atoms with van der Waals surface area (Å²) in [6.07, 6.45) is 0.292. The molecule has 23 heavy (non-hydrogen) atoms. The number of methoxy groups -OCH3 is 2. The third-order valence-electron chi connectivity index (χ3n) is 3.67. The molecule has 1 aromatic heterocycles. The van der Waals surface area contributed by atoms with Gasteiger partial charge in [0.05, 0.1) is 24.5 Å². The smallest absolute Gasteiger partial charge is 0.163 e. The SMILES string of the molecule is C=C(CC(OC(C)(C)OC)c1cc2ccccc2nc1I)OC. The number of fused-ring (bicyclic) bond motifs is 1. The first-order valence-corrected chi connectivity index (χ1v) is 8.44. The van der Waals surface area contributed by atoms with Gasteiger partial charge in [-0.25, -0.2) is 4.98 Å². The Hall–Kier alpha value is -1.18. The summed E-state index contributed by atoms with van der Waals surface area (Å²) < 4.78 is 17.7. The number of rotatable bonds is 7. The predicted octanol–water partition coefficient (Wildman–Crippen LogP) is 4.83. The second kappa shape index (κ2) is 7.59. The Labute approximate surface area is 151 Å². The highest BCUT2D eigenvalue weighted by atomic mass is 127. The van der Waals surface area contributed by atoms with Crippen molar-refractivity contribution in [1.29, 1.82) is 0 Å². The van der Waals surface area contributed by atoms with E-state index >= 15 is 0 Å². The molecule has 0 amide bonds. The number of aromatic nitrogens is 1. The van der Waals surface area contributed by atoms with Gasteiger partial charge >= 0.3 is 0 Å². The van der Waals surface area contributed by atoms with Crippen molar-refractivity contribution in [3.63, 3.8) is 0 Å². The summed E-state index contributed by atoms with van der Waals surface area (Å²) in [7, 11) is 3.25. The van der Waals surface area contributed by atoms with Gasteiger partial charge in [0.2, 0.25) is 0 Å². The Morgan fingerprint density at radius 1 is 1.30 bits per heavy atom. The van der Waals surface area contributed by atoms with Crippen LogP contribution in [0.1, 0.15) is 31.9 Å². The lowest BCUT2D eigenvalue weighted by molar-refractivity contribution is -0.226. The van der Waals surface area contributed by atoms with E-state index in [4.69, 9.17) is 14.2 Å². The van der Waals surface area contributed by atoms with Gasteiger partial charge in [0.15, 0.2) is 5.79 Å². The summed E-state index contributed by atoms with van der Waals surface area (Å²) in [6, 6.07) is 10.2. The van der Waals surface area contributed by atoms with Gasteiger partial charge in [0.1, 0.15) is 3.70 Å². The molecule has 5 heteroatoms. The summed E-state index contributed by atoms with van der Waals surface area (Å²) in [5.74, 6) is -0.0567. The quantitative estimate of drug-likeness (QED) is 0.275. The lowest BCUT2D eigenvalue weighted by atomic mass is 10.0. The first-order valence-electron chi connectivity index (χ1n) is 7.36. The topological polar surface area (TPSA) is 40.6 Å². The number of nitrogens with zero attached hydrogens (tertiary/aromatic N) is 1. The van der Waals surface area contributed by atoms with Gasteiger partial charge < -0.3 is 14.2 Å². The molecule has 0 radical (unpaired) electrons. The number of pyridine rings is 1. The largest absolute Gasteiger partial charge is 0.502 e. The van der Waals surface area contributed by atoms with Crippen LogP contribution >= 0.6 is 22.6 Å². The van der Waals surface area contributed by atoms with Gasteiger partial charge in [-0.1, -0.05) is 24.8 Å². The fourth-order valence-corrected chi connectivity index (χ4v) is 2.99. The minimum atomic E-state index is -0.715. The van der Waals surface area contributed by atoms with E-state index in [2.05, 4.69) is 40.2 Å². The zero-order valence-corrected chi connectivity index (χ0v) is 16.1. The lowest BCUT2D eigenvalue weighted by Crippen LogP contribution is -2.29. The molecular formula is C18H22INO3. The van der Waals surface area contributed by atoms with Crippen LogP contribution in [0.15, 0.2) is 42.7 Å². The molecule has 1 heterocycles. The van der Waals surface area contributed by atoms with Crippen molar-refractivity contribution < 1.29 is 14.2 Å². The summed E-state index contributed by atoms with van der Waals surface area (Å²) in [6.45, 7) is 7.69. The average Bonchev–Trinajstić information content (AvgIpc) is 2.53. The van der Waals surface area contributed by atoms with Gasteiger partial charge in [0, 0.05) is 24.5 Å². The Balaban J connectivity index is 2.44. The monoisotopic (exact) mass is 427 g/mol. The molecule has 0 bridgehead atoms. The summed E-state index contributed by atoms with van der Waals surface area (Å²) in [4.78, 5) is 4.68. The number of benzene rings is 1. The molecule has 2 rings (SSSR count). The Kier molecular flexibility index (Phi) is 6.00. The fourth-order valence-electron chi connectivity index (χ4n) is 2.23. The first-order chi connectivity index (χ1) is 10.9. The third kappa shape index (κ3) is 4.65. The van der Waals surface area contributed by atoms with Crippen LogP contribution < -0.4 is 0 Å². The van der Waals surface area contributed by atoms with Crippen molar-refractivity contribution in [2.45, 2.75) is 32.2 Å². The summed E-state index contributed by atoms with van der Waals surface area (Å²) >= 11 is 2.24. The van der Waals surface area contributed by atoms with Crippen molar-refractivity contribution >= 4 is 33.5 Å². The molecule has 0 aliphatic rings.